The first kappa shape index (κ1) is 18.9. The highest BCUT2D eigenvalue weighted by Gasteiger charge is 2.23. The van der Waals surface area contributed by atoms with E-state index in [1.54, 1.807) is 25.2 Å². The van der Waals surface area contributed by atoms with Crippen LogP contribution in [-0.2, 0) is 6.42 Å². The first-order chi connectivity index (χ1) is 12.9. The zero-order valence-electron chi connectivity index (χ0n) is 15.5. The van der Waals surface area contributed by atoms with Gasteiger partial charge in [0.25, 0.3) is 5.91 Å². The van der Waals surface area contributed by atoms with Crippen molar-refractivity contribution < 1.29 is 14.7 Å². The standard InChI is InChI=1S/C22H21NO3S/c1-4-15-6-5-7-17(12-15)19-13-18(20(27-19)22(25)26)23(3)21(24)16-10-8-14(2)9-11-16/h5-13H,4H2,1-3H3,(H,25,26). The molecule has 4 nitrogen and oxygen atoms in total. The fourth-order valence-corrected chi connectivity index (χ4v) is 3.89. The van der Waals surface area contributed by atoms with E-state index in [0.29, 0.717) is 11.3 Å². The van der Waals surface area contributed by atoms with Crippen LogP contribution in [0, 0.1) is 6.92 Å². The van der Waals surface area contributed by atoms with Crippen LogP contribution in [0.2, 0.25) is 0 Å². The molecule has 138 valence electrons. The second-order valence-corrected chi connectivity index (χ2v) is 7.47. The number of aromatic carboxylic acids is 1. The van der Waals surface area contributed by atoms with Gasteiger partial charge in [0, 0.05) is 17.5 Å². The topological polar surface area (TPSA) is 57.6 Å². The number of carbonyl (C=O) groups is 2. The fraction of sp³-hybridized carbons (Fsp3) is 0.182. The van der Waals surface area contributed by atoms with E-state index in [-0.39, 0.29) is 10.8 Å². The van der Waals surface area contributed by atoms with Gasteiger partial charge in [-0.15, -0.1) is 11.3 Å². The first-order valence-electron chi connectivity index (χ1n) is 8.72. The summed E-state index contributed by atoms with van der Waals surface area (Å²) in [6.45, 7) is 4.03. The van der Waals surface area contributed by atoms with E-state index in [1.165, 1.54) is 21.8 Å². The van der Waals surface area contributed by atoms with Gasteiger partial charge in [-0.2, -0.15) is 0 Å². The van der Waals surface area contributed by atoms with Crippen LogP contribution in [0.3, 0.4) is 0 Å². The molecule has 1 heterocycles. The monoisotopic (exact) mass is 379 g/mol. The molecule has 3 aromatic rings. The summed E-state index contributed by atoms with van der Waals surface area (Å²) in [6.07, 6.45) is 0.906. The largest absolute Gasteiger partial charge is 0.477 e. The quantitative estimate of drug-likeness (QED) is 0.658. The summed E-state index contributed by atoms with van der Waals surface area (Å²) in [5.41, 5.74) is 4.15. The second-order valence-electron chi connectivity index (χ2n) is 6.41. The van der Waals surface area contributed by atoms with Crippen molar-refractivity contribution in [3.8, 4) is 10.4 Å². The molecule has 1 aromatic heterocycles. The maximum absolute atomic E-state index is 12.8. The lowest BCUT2D eigenvalue weighted by atomic mass is 10.1. The number of hydrogen-bond acceptors (Lipinski definition) is 3. The predicted octanol–water partition coefficient (Wildman–Crippen LogP) is 5.26. The Hall–Kier alpha value is -2.92. The lowest BCUT2D eigenvalue weighted by molar-refractivity contribution is 0.0703. The van der Waals surface area contributed by atoms with Crippen molar-refractivity contribution in [3.63, 3.8) is 0 Å². The highest BCUT2D eigenvalue weighted by Crippen LogP contribution is 2.37. The number of anilines is 1. The molecule has 3 rings (SSSR count). The van der Waals surface area contributed by atoms with Crippen LogP contribution in [0.1, 0.15) is 38.1 Å². The van der Waals surface area contributed by atoms with Gasteiger partial charge >= 0.3 is 5.97 Å². The van der Waals surface area contributed by atoms with Gasteiger partial charge in [-0.25, -0.2) is 4.79 Å². The molecule has 2 aromatic carbocycles. The van der Waals surface area contributed by atoms with Crippen molar-refractivity contribution in [2.24, 2.45) is 0 Å². The van der Waals surface area contributed by atoms with Crippen molar-refractivity contribution >= 4 is 28.9 Å². The molecule has 0 aliphatic rings. The number of carbonyl (C=O) groups excluding carboxylic acids is 1. The SMILES string of the molecule is CCc1cccc(-c2cc(N(C)C(=O)c3ccc(C)cc3)c(C(=O)O)s2)c1. The van der Waals surface area contributed by atoms with Crippen LogP contribution >= 0.6 is 11.3 Å². The lowest BCUT2D eigenvalue weighted by Gasteiger charge is -2.17. The number of aryl methyl sites for hydroxylation is 2. The van der Waals surface area contributed by atoms with Crippen molar-refractivity contribution in [2.45, 2.75) is 20.3 Å². The number of carboxylic acid groups (broad SMARTS) is 1. The Labute approximate surface area is 162 Å². The average Bonchev–Trinajstić information content (AvgIpc) is 3.13. The third-order valence-corrected chi connectivity index (χ3v) is 5.65. The van der Waals surface area contributed by atoms with Gasteiger partial charge in [0.15, 0.2) is 0 Å². The molecule has 0 bridgehead atoms. The summed E-state index contributed by atoms with van der Waals surface area (Å²) < 4.78 is 0. The molecule has 0 spiro atoms. The van der Waals surface area contributed by atoms with Gasteiger partial charge in [0.2, 0.25) is 0 Å². The minimum atomic E-state index is -1.03. The van der Waals surface area contributed by atoms with E-state index in [4.69, 9.17) is 0 Å². The van der Waals surface area contributed by atoms with E-state index in [2.05, 4.69) is 13.0 Å². The molecule has 0 radical (unpaired) electrons. The van der Waals surface area contributed by atoms with E-state index >= 15 is 0 Å². The smallest absolute Gasteiger partial charge is 0.348 e. The summed E-state index contributed by atoms with van der Waals surface area (Å²) >= 11 is 1.19. The van der Waals surface area contributed by atoms with Gasteiger partial charge in [0.1, 0.15) is 4.88 Å². The van der Waals surface area contributed by atoms with Crippen LogP contribution in [0.25, 0.3) is 10.4 Å². The normalized spacial score (nSPS) is 10.6. The molecule has 1 amide bonds. The van der Waals surface area contributed by atoms with E-state index in [0.717, 1.165) is 22.4 Å². The molecule has 0 atom stereocenters. The second kappa shape index (κ2) is 7.76. The van der Waals surface area contributed by atoms with E-state index in [1.807, 2.05) is 37.3 Å². The van der Waals surface area contributed by atoms with Crippen molar-refractivity contribution in [1.82, 2.24) is 0 Å². The fourth-order valence-electron chi connectivity index (χ4n) is 2.87. The number of amides is 1. The highest BCUT2D eigenvalue weighted by atomic mass is 32.1. The number of hydrogen-bond donors (Lipinski definition) is 1. The van der Waals surface area contributed by atoms with Gasteiger partial charge < -0.3 is 10.0 Å². The zero-order valence-corrected chi connectivity index (χ0v) is 16.3. The summed E-state index contributed by atoms with van der Waals surface area (Å²) in [5, 5.41) is 9.64. The summed E-state index contributed by atoms with van der Waals surface area (Å²) in [7, 11) is 1.61. The van der Waals surface area contributed by atoms with Crippen molar-refractivity contribution in [3.05, 3.63) is 76.2 Å². The predicted molar refractivity (Wildman–Crippen MR) is 110 cm³/mol. The maximum Gasteiger partial charge on any atom is 0.348 e. The van der Waals surface area contributed by atoms with Gasteiger partial charge in [0.05, 0.1) is 5.69 Å². The van der Waals surface area contributed by atoms with Crippen molar-refractivity contribution in [2.75, 3.05) is 11.9 Å². The Morgan fingerprint density at radius 3 is 2.41 bits per heavy atom. The molecule has 0 fully saturated rings. The molecule has 27 heavy (non-hydrogen) atoms. The number of rotatable bonds is 5. The van der Waals surface area contributed by atoms with Crippen LogP contribution in [0.4, 0.5) is 5.69 Å². The number of benzene rings is 2. The molecule has 0 saturated heterocycles. The highest BCUT2D eigenvalue weighted by molar-refractivity contribution is 7.18. The molecule has 5 heteroatoms. The minimum Gasteiger partial charge on any atom is -0.477 e. The number of thiophene rings is 1. The van der Waals surface area contributed by atoms with Crippen LogP contribution in [0.15, 0.2) is 54.6 Å². The Kier molecular flexibility index (Phi) is 5.42. The van der Waals surface area contributed by atoms with Crippen LogP contribution in [-0.4, -0.2) is 24.0 Å². The summed E-state index contributed by atoms with van der Waals surface area (Å²) in [6, 6.07) is 17.1. The Morgan fingerprint density at radius 2 is 1.78 bits per heavy atom. The summed E-state index contributed by atoms with van der Waals surface area (Å²) in [5.74, 6) is -1.26. The Bertz CT molecular complexity index is 989. The van der Waals surface area contributed by atoms with Crippen molar-refractivity contribution in [1.29, 1.82) is 0 Å². The average molecular weight is 379 g/mol. The van der Waals surface area contributed by atoms with Gasteiger partial charge in [-0.05, 0) is 42.7 Å². The first-order valence-corrected chi connectivity index (χ1v) is 9.53. The number of nitrogens with zero attached hydrogens (tertiary/aromatic N) is 1. The maximum atomic E-state index is 12.8. The Balaban J connectivity index is 2.01. The van der Waals surface area contributed by atoms with Crippen LogP contribution in [0.5, 0.6) is 0 Å². The Morgan fingerprint density at radius 1 is 1.07 bits per heavy atom. The molecule has 0 unspecified atom stereocenters. The van der Waals surface area contributed by atoms with E-state index in [9.17, 15) is 14.7 Å². The van der Waals surface area contributed by atoms with E-state index < -0.39 is 5.97 Å². The van der Waals surface area contributed by atoms with Crippen LogP contribution < -0.4 is 4.90 Å². The molecular weight excluding hydrogens is 358 g/mol. The summed E-state index contributed by atoms with van der Waals surface area (Å²) in [4.78, 5) is 27.0. The molecule has 0 saturated carbocycles. The third kappa shape index (κ3) is 3.93. The molecule has 0 aliphatic carbocycles. The lowest BCUT2D eigenvalue weighted by Crippen LogP contribution is -2.27. The minimum absolute atomic E-state index is 0.162. The molecule has 0 aliphatic heterocycles. The molecule has 1 N–H and O–H groups in total. The molecular formula is C22H21NO3S. The van der Waals surface area contributed by atoms with Gasteiger partial charge in [-0.3, -0.25) is 4.79 Å². The number of carboxylic acids is 1. The van der Waals surface area contributed by atoms with Gasteiger partial charge in [-0.1, -0.05) is 48.9 Å². The third-order valence-electron chi connectivity index (χ3n) is 4.49. The zero-order chi connectivity index (χ0) is 19.6.